The molecule has 1 heterocycles. The number of benzene rings is 1. The van der Waals surface area contributed by atoms with Crippen LogP contribution in [-0.4, -0.2) is 17.0 Å². The number of carbonyl (C=O) groups excluding carboxylic acids is 1. The second kappa shape index (κ2) is 7.83. The lowest BCUT2D eigenvalue weighted by atomic mass is 10.0. The number of aliphatic carboxylic acids is 1. The fourth-order valence-corrected chi connectivity index (χ4v) is 2.45. The van der Waals surface area contributed by atoms with Gasteiger partial charge in [-0.25, -0.2) is 0 Å². The van der Waals surface area contributed by atoms with Crippen molar-refractivity contribution >= 4 is 23.5 Å². The molecule has 0 unspecified atom stereocenters. The van der Waals surface area contributed by atoms with Crippen molar-refractivity contribution < 1.29 is 19.1 Å². The van der Waals surface area contributed by atoms with E-state index >= 15 is 0 Å². The first-order valence-corrected chi connectivity index (χ1v) is 7.73. The Balaban J connectivity index is 2.19. The van der Waals surface area contributed by atoms with E-state index in [1.54, 1.807) is 30.3 Å². The predicted molar refractivity (Wildman–Crippen MR) is 86.6 cm³/mol. The van der Waals surface area contributed by atoms with Crippen molar-refractivity contribution in [2.75, 3.05) is 0 Å². The number of carboxylic acids is 1. The normalized spacial score (nSPS) is 11.9. The summed E-state index contributed by atoms with van der Waals surface area (Å²) in [5.41, 5.74) is 1.13. The minimum Gasteiger partial charge on any atom is -0.481 e. The number of hydrogen-bond donors (Lipinski definition) is 2. The number of furan rings is 1. The molecule has 5 nitrogen and oxygen atoms in total. The summed E-state index contributed by atoms with van der Waals surface area (Å²) in [5.74, 6) is -0.732. The number of carboxylic acid groups (broad SMARTS) is 1. The number of rotatable bonds is 7. The summed E-state index contributed by atoms with van der Waals surface area (Å²) in [6.45, 7) is 1.99. The van der Waals surface area contributed by atoms with E-state index < -0.39 is 12.0 Å². The highest BCUT2D eigenvalue weighted by atomic mass is 35.5. The Morgan fingerprint density at radius 1 is 1.26 bits per heavy atom. The predicted octanol–water partition coefficient (Wildman–Crippen LogP) is 3.83. The second-order valence-electron chi connectivity index (χ2n) is 5.18. The van der Waals surface area contributed by atoms with E-state index in [0.717, 1.165) is 6.42 Å². The highest BCUT2D eigenvalue weighted by molar-refractivity contribution is 6.30. The van der Waals surface area contributed by atoms with Crippen LogP contribution < -0.4 is 5.32 Å². The molecule has 2 N–H and O–H groups in total. The Bertz CT molecular complexity index is 678. The summed E-state index contributed by atoms with van der Waals surface area (Å²) in [6.07, 6.45) is 2.76. The number of nitrogens with one attached hydrogen (secondary N) is 1. The molecule has 1 amide bonds. The van der Waals surface area contributed by atoms with Crippen LogP contribution in [0.15, 0.2) is 41.0 Å². The van der Waals surface area contributed by atoms with Gasteiger partial charge in [-0.05, 0) is 30.2 Å². The van der Waals surface area contributed by atoms with Crippen LogP contribution in [-0.2, 0) is 11.2 Å². The molecule has 0 aliphatic rings. The molecule has 6 heteroatoms. The average molecular weight is 336 g/mol. The van der Waals surface area contributed by atoms with Crippen molar-refractivity contribution in [3.63, 3.8) is 0 Å². The summed E-state index contributed by atoms with van der Waals surface area (Å²) >= 11 is 5.85. The SMILES string of the molecule is CCCc1occc1C(=O)N[C@@H](CC(=O)O)c1ccc(Cl)cc1. The van der Waals surface area contributed by atoms with Gasteiger partial charge in [0, 0.05) is 11.4 Å². The molecule has 0 radical (unpaired) electrons. The van der Waals surface area contributed by atoms with Gasteiger partial charge in [0.1, 0.15) is 5.76 Å². The molecule has 1 aromatic carbocycles. The van der Waals surface area contributed by atoms with Crippen molar-refractivity contribution in [3.05, 3.63) is 58.5 Å². The number of carbonyl (C=O) groups is 2. The van der Waals surface area contributed by atoms with Gasteiger partial charge >= 0.3 is 5.97 Å². The maximum atomic E-state index is 12.4. The summed E-state index contributed by atoms with van der Waals surface area (Å²) in [4.78, 5) is 23.5. The molecule has 1 atom stereocenters. The molecular formula is C17H18ClNO4. The van der Waals surface area contributed by atoms with Gasteiger partial charge in [-0.3, -0.25) is 9.59 Å². The Kier molecular flexibility index (Phi) is 5.82. The van der Waals surface area contributed by atoms with E-state index in [9.17, 15) is 9.59 Å². The third-order valence-electron chi connectivity index (χ3n) is 3.42. The van der Waals surface area contributed by atoms with Gasteiger partial charge < -0.3 is 14.8 Å². The van der Waals surface area contributed by atoms with Crippen LogP contribution in [0.2, 0.25) is 5.02 Å². The molecule has 0 aliphatic carbocycles. The zero-order valence-electron chi connectivity index (χ0n) is 12.7. The maximum Gasteiger partial charge on any atom is 0.305 e. The van der Waals surface area contributed by atoms with Crippen LogP contribution in [0.3, 0.4) is 0 Å². The van der Waals surface area contributed by atoms with Gasteiger partial charge in [-0.1, -0.05) is 30.7 Å². The Morgan fingerprint density at radius 2 is 1.96 bits per heavy atom. The van der Waals surface area contributed by atoms with Crippen molar-refractivity contribution in [3.8, 4) is 0 Å². The van der Waals surface area contributed by atoms with Gasteiger partial charge in [0.15, 0.2) is 0 Å². The molecule has 0 spiro atoms. The summed E-state index contributed by atoms with van der Waals surface area (Å²) in [5, 5.41) is 12.4. The maximum absolute atomic E-state index is 12.4. The minimum atomic E-state index is -0.994. The first kappa shape index (κ1) is 17.1. The lowest BCUT2D eigenvalue weighted by Crippen LogP contribution is -2.30. The minimum absolute atomic E-state index is 0.214. The monoisotopic (exact) mass is 335 g/mol. The van der Waals surface area contributed by atoms with Crippen molar-refractivity contribution in [2.45, 2.75) is 32.2 Å². The standard InChI is InChI=1S/C17H18ClNO4/c1-2-3-15-13(8-9-23-15)17(22)19-14(10-16(20)21)11-4-6-12(18)7-5-11/h4-9,14H,2-3,10H2,1H3,(H,19,22)(H,20,21)/t14-/m0/s1. The fraction of sp³-hybridized carbons (Fsp3) is 0.294. The molecule has 122 valence electrons. The van der Waals surface area contributed by atoms with E-state index in [2.05, 4.69) is 5.32 Å². The van der Waals surface area contributed by atoms with Crippen LogP contribution in [0.25, 0.3) is 0 Å². The van der Waals surface area contributed by atoms with E-state index in [1.807, 2.05) is 6.92 Å². The van der Waals surface area contributed by atoms with Gasteiger partial charge in [0.25, 0.3) is 5.91 Å². The topological polar surface area (TPSA) is 79.5 Å². The Morgan fingerprint density at radius 3 is 2.57 bits per heavy atom. The fourth-order valence-electron chi connectivity index (χ4n) is 2.32. The number of aryl methyl sites for hydroxylation is 1. The van der Waals surface area contributed by atoms with Gasteiger partial charge in [-0.2, -0.15) is 0 Å². The van der Waals surface area contributed by atoms with E-state index in [-0.39, 0.29) is 12.3 Å². The molecule has 0 fully saturated rings. The van der Waals surface area contributed by atoms with E-state index in [0.29, 0.717) is 28.3 Å². The molecule has 2 rings (SSSR count). The first-order valence-electron chi connectivity index (χ1n) is 7.35. The number of hydrogen-bond acceptors (Lipinski definition) is 3. The zero-order valence-corrected chi connectivity index (χ0v) is 13.5. The molecule has 0 bridgehead atoms. The smallest absolute Gasteiger partial charge is 0.305 e. The Hall–Kier alpha value is -2.27. The lowest BCUT2D eigenvalue weighted by molar-refractivity contribution is -0.137. The van der Waals surface area contributed by atoms with E-state index in [1.165, 1.54) is 6.26 Å². The van der Waals surface area contributed by atoms with Crippen molar-refractivity contribution in [2.24, 2.45) is 0 Å². The summed E-state index contributed by atoms with van der Waals surface area (Å²) in [7, 11) is 0. The third-order valence-corrected chi connectivity index (χ3v) is 3.68. The van der Waals surface area contributed by atoms with E-state index in [4.69, 9.17) is 21.1 Å². The Labute approximate surface area is 139 Å². The molecule has 0 saturated carbocycles. The second-order valence-corrected chi connectivity index (χ2v) is 5.62. The largest absolute Gasteiger partial charge is 0.481 e. The van der Waals surface area contributed by atoms with Gasteiger partial charge in [0.2, 0.25) is 0 Å². The van der Waals surface area contributed by atoms with Gasteiger partial charge in [-0.15, -0.1) is 0 Å². The number of amides is 1. The number of halogens is 1. The summed E-state index contributed by atoms with van der Waals surface area (Å²) in [6, 6.07) is 7.70. The van der Waals surface area contributed by atoms with Crippen LogP contribution in [0.5, 0.6) is 0 Å². The molecule has 2 aromatic rings. The third kappa shape index (κ3) is 4.60. The van der Waals surface area contributed by atoms with Crippen LogP contribution in [0.4, 0.5) is 0 Å². The highest BCUT2D eigenvalue weighted by Gasteiger charge is 2.21. The molecular weight excluding hydrogens is 318 g/mol. The van der Waals surface area contributed by atoms with Gasteiger partial charge in [0.05, 0.1) is 24.3 Å². The molecule has 0 aliphatic heterocycles. The van der Waals surface area contributed by atoms with Crippen molar-refractivity contribution in [1.29, 1.82) is 0 Å². The molecule has 0 saturated heterocycles. The lowest BCUT2D eigenvalue weighted by Gasteiger charge is -2.17. The van der Waals surface area contributed by atoms with Crippen molar-refractivity contribution in [1.82, 2.24) is 5.32 Å². The molecule has 1 aromatic heterocycles. The van der Waals surface area contributed by atoms with Crippen LogP contribution >= 0.6 is 11.6 Å². The highest BCUT2D eigenvalue weighted by Crippen LogP contribution is 2.21. The average Bonchev–Trinajstić information content (AvgIpc) is 2.95. The van der Waals surface area contributed by atoms with Crippen LogP contribution in [0, 0.1) is 0 Å². The quantitative estimate of drug-likeness (QED) is 0.805. The van der Waals surface area contributed by atoms with Crippen LogP contribution in [0.1, 0.15) is 47.5 Å². The zero-order chi connectivity index (χ0) is 16.8. The first-order chi connectivity index (χ1) is 11.0. The summed E-state index contributed by atoms with van der Waals surface area (Å²) < 4.78 is 5.32. The molecule has 23 heavy (non-hydrogen) atoms.